The first-order valence-corrected chi connectivity index (χ1v) is 9.37. The summed E-state index contributed by atoms with van der Waals surface area (Å²) in [6, 6.07) is 12.8. The Kier molecular flexibility index (Phi) is 4.83. The van der Waals surface area contributed by atoms with E-state index in [1.54, 1.807) is 16.7 Å². The fraction of sp³-hybridized carbons (Fsp3) is 0.350. The molecule has 1 aromatic heterocycles. The molecule has 1 N–H and O–H groups in total. The molecule has 0 bridgehead atoms. The zero-order valence-electron chi connectivity index (χ0n) is 14.4. The van der Waals surface area contributed by atoms with Crippen molar-refractivity contribution in [2.24, 2.45) is 0 Å². The third-order valence-electron chi connectivity index (χ3n) is 5.16. The van der Waals surface area contributed by atoms with E-state index in [0.29, 0.717) is 23.6 Å². The molecule has 0 unspecified atom stereocenters. The molecule has 0 atom stereocenters. The summed E-state index contributed by atoms with van der Waals surface area (Å²) in [4.78, 5) is 13.1. The van der Waals surface area contributed by atoms with E-state index in [-0.39, 0.29) is 17.5 Å². The van der Waals surface area contributed by atoms with Crippen LogP contribution >= 0.6 is 11.6 Å². The summed E-state index contributed by atoms with van der Waals surface area (Å²) < 4.78 is 17.8. The third-order valence-corrected chi connectivity index (χ3v) is 5.40. The first kappa shape index (κ1) is 17.3. The smallest absolute Gasteiger partial charge is 0.317 e. The average molecular weight is 374 g/mol. The molecule has 1 saturated heterocycles. The number of para-hydroxylation sites is 2. The van der Waals surface area contributed by atoms with Gasteiger partial charge in [-0.3, -0.25) is 9.13 Å². The lowest BCUT2D eigenvalue weighted by Crippen LogP contribution is -2.35. The monoisotopic (exact) mass is 373 g/mol. The summed E-state index contributed by atoms with van der Waals surface area (Å²) in [5.74, 6) is -0.326. The molecule has 6 heteroatoms. The molecule has 1 aliphatic rings. The molecule has 4 rings (SSSR count). The molecule has 0 aliphatic carbocycles. The van der Waals surface area contributed by atoms with Gasteiger partial charge in [0.1, 0.15) is 5.82 Å². The van der Waals surface area contributed by atoms with Gasteiger partial charge in [0.15, 0.2) is 0 Å². The van der Waals surface area contributed by atoms with Gasteiger partial charge in [-0.25, -0.2) is 9.18 Å². The van der Waals surface area contributed by atoms with Gasteiger partial charge in [-0.2, -0.15) is 0 Å². The first-order chi connectivity index (χ1) is 12.6. The predicted molar refractivity (Wildman–Crippen MR) is 102 cm³/mol. The van der Waals surface area contributed by atoms with Gasteiger partial charge in [0.25, 0.3) is 0 Å². The second-order valence-electron chi connectivity index (χ2n) is 6.76. The van der Waals surface area contributed by atoms with E-state index >= 15 is 0 Å². The number of nitrogens with zero attached hydrogens (tertiary/aromatic N) is 2. The topological polar surface area (TPSA) is 39.0 Å². The van der Waals surface area contributed by atoms with Crippen LogP contribution in [-0.4, -0.2) is 22.2 Å². The highest BCUT2D eigenvalue weighted by molar-refractivity contribution is 6.30. The second-order valence-corrected chi connectivity index (χ2v) is 7.20. The molecule has 1 aliphatic heterocycles. The third kappa shape index (κ3) is 3.17. The van der Waals surface area contributed by atoms with Crippen molar-refractivity contribution >= 4 is 22.6 Å². The summed E-state index contributed by atoms with van der Waals surface area (Å²) in [7, 11) is 0. The van der Waals surface area contributed by atoms with Crippen molar-refractivity contribution in [2.45, 2.75) is 31.8 Å². The zero-order chi connectivity index (χ0) is 18.1. The van der Waals surface area contributed by atoms with Crippen LogP contribution in [0, 0.1) is 5.82 Å². The van der Waals surface area contributed by atoms with Crippen molar-refractivity contribution in [1.29, 1.82) is 0 Å². The van der Waals surface area contributed by atoms with Crippen molar-refractivity contribution < 1.29 is 4.39 Å². The Hall–Kier alpha value is -2.11. The molecule has 136 valence electrons. The maximum absolute atomic E-state index is 14.1. The van der Waals surface area contributed by atoms with Crippen LogP contribution in [0.2, 0.25) is 5.02 Å². The fourth-order valence-corrected chi connectivity index (χ4v) is 3.98. The minimum Gasteiger partial charge on any atom is -0.317 e. The Morgan fingerprint density at radius 2 is 1.85 bits per heavy atom. The molecule has 0 spiro atoms. The molecule has 0 radical (unpaired) electrons. The summed E-state index contributed by atoms with van der Waals surface area (Å²) >= 11 is 5.82. The number of aryl methyl sites for hydroxylation is 2. The Balaban J connectivity index is 1.70. The van der Waals surface area contributed by atoms with Crippen LogP contribution in [0.4, 0.5) is 4.39 Å². The van der Waals surface area contributed by atoms with Gasteiger partial charge in [-0.05, 0) is 62.2 Å². The normalized spacial score (nSPS) is 15.6. The lowest BCUT2D eigenvalue weighted by molar-refractivity contribution is 0.364. The van der Waals surface area contributed by atoms with Crippen LogP contribution in [0.1, 0.15) is 24.4 Å². The van der Waals surface area contributed by atoms with Crippen LogP contribution in [0.5, 0.6) is 0 Å². The minimum atomic E-state index is -0.326. The Bertz CT molecular complexity index is 988. The second kappa shape index (κ2) is 7.25. The number of piperidine rings is 1. The Labute approximate surface area is 156 Å². The fourth-order valence-electron chi connectivity index (χ4n) is 3.82. The summed E-state index contributed by atoms with van der Waals surface area (Å²) in [6.07, 6.45) is 2.34. The number of nitrogens with one attached hydrogen (secondary N) is 1. The van der Waals surface area contributed by atoms with E-state index < -0.39 is 0 Å². The molecular weight excluding hydrogens is 353 g/mol. The van der Waals surface area contributed by atoms with Crippen LogP contribution < -0.4 is 11.0 Å². The van der Waals surface area contributed by atoms with Crippen molar-refractivity contribution in [1.82, 2.24) is 14.5 Å². The molecule has 2 aromatic carbocycles. The van der Waals surface area contributed by atoms with Crippen LogP contribution in [0.25, 0.3) is 11.0 Å². The van der Waals surface area contributed by atoms with E-state index in [1.165, 1.54) is 6.07 Å². The van der Waals surface area contributed by atoms with Gasteiger partial charge in [0.05, 0.1) is 11.0 Å². The molecule has 1 fully saturated rings. The SMILES string of the molecule is O=c1n(CCc2ccc(Cl)cc2F)c2ccccc2n1C1CCNCC1. The molecule has 0 saturated carbocycles. The van der Waals surface area contributed by atoms with E-state index in [1.807, 2.05) is 28.8 Å². The number of hydrogen-bond donors (Lipinski definition) is 1. The molecule has 0 amide bonds. The van der Waals surface area contributed by atoms with Gasteiger partial charge in [-0.15, -0.1) is 0 Å². The maximum atomic E-state index is 14.1. The largest absolute Gasteiger partial charge is 0.329 e. The Morgan fingerprint density at radius 1 is 1.12 bits per heavy atom. The Morgan fingerprint density at radius 3 is 2.58 bits per heavy atom. The molecule has 4 nitrogen and oxygen atoms in total. The van der Waals surface area contributed by atoms with E-state index in [4.69, 9.17) is 11.6 Å². The minimum absolute atomic E-state index is 0.00697. The number of aromatic nitrogens is 2. The van der Waals surface area contributed by atoms with E-state index in [2.05, 4.69) is 5.32 Å². The quantitative estimate of drug-likeness (QED) is 0.756. The van der Waals surface area contributed by atoms with Crippen molar-refractivity contribution in [3.05, 3.63) is 69.4 Å². The van der Waals surface area contributed by atoms with Gasteiger partial charge in [-0.1, -0.05) is 29.8 Å². The average Bonchev–Trinajstić information content (AvgIpc) is 2.93. The summed E-state index contributed by atoms with van der Waals surface area (Å²) in [6.45, 7) is 2.29. The van der Waals surface area contributed by atoms with Crippen LogP contribution in [0.3, 0.4) is 0 Å². The number of fused-ring (bicyclic) bond motifs is 1. The van der Waals surface area contributed by atoms with Crippen molar-refractivity contribution in [3.8, 4) is 0 Å². The van der Waals surface area contributed by atoms with E-state index in [0.717, 1.165) is 37.0 Å². The van der Waals surface area contributed by atoms with Crippen LogP contribution in [0.15, 0.2) is 47.3 Å². The number of rotatable bonds is 4. The molecule has 26 heavy (non-hydrogen) atoms. The van der Waals surface area contributed by atoms with Crippen LogP contribution in [-0.2, 0) is 13.0 Å². The standard InChI is InChI=1S/C20H21ClFN3O/c21-15-6-5-14(17(22)13-15)9-12-24-18-3-1-2-4-19(18)25(20(24)26)16-7-10-23-11-8-16/h1-6,13,16,23H,7-12H2. The van der Waals surface area contributed by atoms with Gasteiger partial charge < -0.3 is 5.32 Å². The first-order valence-electron chi connectivity index (χ1n) is 8.99. The number of hydrogen-bond acceptors (Lipinski definition) is 2. The molecular formula is C20H21ClFN3O. The molecule has 3 aromatic rings. The zero-order valence-corrected chi connectivity index (χ0v) is 15.2. The lowest BCUT2D eigenvalue weighted by Gasteiger charge is -2.23. The number of imidazole rings is 1. The van der Waals surface area contributed by atoms with Crippen molar-refractivity contribution in [3.63, 3.8) is 0 Å². The summed E-state index contributed by atoms with van der Waals surface area (Å²) in [5, 5.41) is 3.72. The van der Waals surface area contributed by atoms with Crippen molar-refractivity contribution in [2.75, 3.05) is 13.1 Å². The lowest BCUT2D eigenvalue weighted by atomic mass is 10.1. The highest BCUT2D eigenvalue weighted by Crippen LogP contribution is 2.23. The van der Waals surface area contributed by atoms with Gasteiger partial charge in [0.2, 0.25) is 0 Å². The highest BCUT2D eigenvalue weighted by atomic mass is 35.5. The summed E-state index contributed by atoms with van der Waals surface area (Å²) in [5.41, 5.74) is 2.43. The maximum Gasteiger partial charge on any atom is 0.329 e. The predicted octanol–water partition coefficient (Wildman–Crippen LogP) is 3.76. The van der Waals surface area contributed by atoms with Gasteiger partial charge in [0, 0.05) is 17.6 Å². The molecule has 2 heterocycles. The highest BCUT2D eigenvalue weighted by Gasteiger charge is 2.22. The number of benzene rings is 2. The van der Waals surface area contributed by atoms with Gasteiger partial charge >= 0.3 is 5.69 Å². The number of halogens is 2. The van der Waals surface area contributed by atoms with E-state index in [9.17, 15) is 9.18 Å².